The standard InChI is InChI=1S/C10H17NO3/c1-9(2,3)14-8(13)10(4,5)6-11-7-12/h6H2,1-5H3. The molecule has 0 amide bonds. The summed E-state index contributed by atoms with van der Waals surface area (Å²) in [5.74, 6) is -0.357. The molecule has 0 radical (unpaired) electrons. The van der Waals surface area contributed by atoms with Crippen LogP contribution >= 0.6 is 0 Å². The van der Waals surface area contributed by atoms with Gasteiger partial charge in [-0.15, -0.1) is 0 Å². The van der Waals surface area contributed by atoms with Gasteiger partial charge in [0.25, 0.3) is 0 Å². The molecule has 0 spiro atoms. The van der Waals surface area contributed by atoms with Gasteiger partial charge < -0.3 is 4.74 Å². The van der Waals surface area contributed by atoms with Crippen molar-refractivity contribution in [1.82, 2.24) is 0 Å². The van der Waals surface area contributed by atoms with Crippen molar-refractivity contribution in [3.05, 3.63) is 0 Å². The minimum atomic E-state index is -0.773. The summed E-state index contributed by atoms with van der Waals surface area (Å²) in [5, 5.41) is 0. The average molecular weight is 199 g/mol. The summed E-state index contributed by atoms with van der Waals surface area (Å²) in [6.07, 6.45) is 1.41. The third-order valence-electron chi connectivity index (χ3n) is 1.49. The van der Waals surface area contributed by atoms with Crippen molar-refractivity contribution in [3.63, 3.8) is 0 Å². The molecule has 0 unspecified atom stereocenters. The molecule has 0 bridgehead atoms. The zero-order valence-corrected chi connectivity index (χ0v) is 9.38. The molecule has 4 nitrogen and oxygen atoms in total. The number of carbonyl (C=O) groups excluding carboxylic acids is 2. The van der Waals surface area contributed by atoms with Gasteiger partial charge in [-0.25, -0.2) is 9.79 Å². The van der Waals surface area contributed by atoms with E-state index in [0.717, 1.165) is 0 Å². The van der Waals surface area contributed by atoms with Crippen LogP contribution in [0.4, 0.5) is 0 Å². The van der Waals surface area contributed by atoms with Crippen LogP contribution < -0.4 is 0 Å². The summed E-state index contributed by atoms with van der Waals surface area (Å²) in [5.41, 5.74) is -1.29. The molecule has 0 saturated carbocycles. The van der Waals surface area contributed by atoms with E-state index in [-0.39, 0.29) is 12.5 Å². The zero-order chi connectivity index (χ0) is 11.4. The number of rotatable bonds is 3. The molecule has 0 aromatic carbocycles. The van der Waals surface area contributed by atoms with E-state index in [1.165, 1.54) is 6.08 Å². The smallest absolute Gasteiger partial charge is 0.313 e. The van der Waals surface area contributed by atoms with E-state index in [1.54, 1.807) is 34.6 Å². The van der Waals surface area contributed by atoms with Crippen LogP contribution in [0.15, 0.2) is 4.99 Å². The van der Waals surface area contributed by atoms with Gasteiger partial charge in [-0.3, -0.25) is 4.79 Å². The molecule has 4 heteroatoms. The van der Waals surface area contributed by atoms with Crippen molar-refractivity contribution in [2.24, 2.45) is 10.4 Å². The number of ether oxygens (including phenoxy) is 1. The number of hydrogen-bond donors (Lipinski definition) is 0. The van der Waals surface area contributed by atoms with E-state index < -0.39 is 11.0 Å². The summed E-state index contributed by atoms with van der Waals surface area (Å²) >= 11 is 0. The fraction of sp³-hybridized carbons (Fsp3) is 0.800. The predicted molar refractivity (Wildman–Crippen MR) is 52.6 cm³/mol. The van der Waals surface area contributed by atoms with Crippen molar-refractivity contribution in [3.8, 4) is 0 Å². The summed E-state index contributed by atoms with van der Waals surface area (Å²) in [6, 6.07) is 0. The lowest BCUT2D eigenvalue weighted by Gasteiger charge is -2.26. The number of isocyanates is 1. The van der Waals surface area contributed by atoms with E-state index in [0.29, 0.717) is 0 Å². The molecule has 0 aliphatic rings. The van der Waals surface area contributed by atoms with Crippen LogP contribution in [-0.2, 0) is 14.3 Å². The Bertz CT molecular complexity index is 257. The number of nitrogens with zero attached hydrogens (tertiary/aromatic N) is 1. The van der Waals surface area contributed by atoms with E-state index >= 15 is 0 Å². The molecule has 0 aromatic heterocycles. The van der Waals surface area contributed by atoms with Crippen molar-refractivity contribution in [2.45, 2.75) is 40.2 Å². The summed E-state index contributed by atoms with van der Waals surface area (Å²) in [4.78, 5) is 24.9. The average Bonchev–Trinajstić information content (AvgIpc) is 1.97. The predicted octanol–water partition coefficient (Wildman–Crippen LogP) is 1.69. The SMILES string of the molecule is CC(C)(C)OC(=O)C(C)(C)CN=C=O. The van der Waals surface area contributed by atoms with Gasteiger partial charge >= 0.3 is 5.97 Å². The highest BCUT2D eigenvalue weighted by molar-refractivity contribution is 5.76. The maximum Gasteiger partial charge on any atom is 0.313 e. The van der Waals surface area contributed by atoms with Gasteiger partial charge in [-0.05, 0) is 34.6 Å². The molecular weight excluding hydrogens is 182 g/mol. The highest BCUT2D eigenvalue weighted by atomic mass is 16.6. The summed E-state index contributed by atoms with van der Waals surface area (Å²) < 4.78 is 5.17. The molecule has 0 atom stereocenters. The zero-order valence-electron chi connectivity index (χ0n) is 9.38. The highest BCUT2D eigenvalue weighted by Gasteiger charge is 2.32. The topological polar surface area (TPSA) is 55.7 Å². The van der Waals surface area contributed by atoms with Gasteiger partial charge in [0.15, 0.2) is 0 Å². The lowest BCUT2D eigenvalue weighted by Crippen LogP contribution is -2.35. The number of esters is 1. The maximum absolute atomic E-state index is 11.6. The van der Waals surface area contributed by atoms with Gasteiger partial charge in [0.05, 0.1) is 12.0 Å². The Morgan fingerprint density at radius 3 is 2.14 bits per heavy atom. The molecule has 0 aromatic rings. The Morgan fingerprint density at radius 1 is 1.29 bits per heavy atom. The molecule has 0 heterocycles. The monoisotopic (exact) mass is 199 g/mol. The van der Waals surface area contributed by atoms with Gasteiger partial charge in [0, 0.05) is 0 Å². The third-order valence-corrected chi connectivity index (χ3v) is 1.49. The first-order valence-electron chi connectivity index (χ1n) is 4.46. The second-order valence-electron chi connectivity index (χ2n) is 4.79. The Hall–Kier alpha value is -1.15. The van der Waals surface area contributed by atoms with E-state index in [1.807, 2.05) is 0 Å². The van der Waals surface area contributed by atoms with Crippen LogP contribution in [0.2, 0.25) is 0 Å². The van der Waals surface area contributed by atoms with Crippen LogP contribution in [0.5, 0.6) is 0 Å². The fourth-order valence-electron chi connectivity index (χ4n) is 0.711. The Kier molecular flexibility index (Phi) is 4.02. The molecule has 0 fully saturated rings. The first-order valence-corrected chi connectivity index (χ1v) is 4.46. The quantitative estimate of drug-likeness (QED) is 0.395. The van der Waals surface area contributed by atoms with Gasteiger partial charge in [0.2, 0.25) is 6.08 Å². The van der Waals surface area contributed by atoms with Gasteiger partial charge in [0.1, 0.15) is 5.60 Å². The number of hydrogen-bond acceptors (Lipinski definition) is 4. The lowest BCUT2D eigenvalue weighted by molar-refractivity contribution is -0.164. The van der Waals surface area contributed by atoms with Gasteiger partial charge in [-0.2, -0.15) is 0 Å². The normalized spacial score (nSPS) is 11.8. The van der Waals surface area contributed by atoms with Crippen LogP contribution in [0, 0.1) is 5.41 Å². The van der Waals surface area contributed by atoms with E-state index in [4.69, 9.17) is 4.74 Å². The molecule has 0 aliphatic heterocycles. The van der Waals surface area contributed by atoms with Crippen LogP contribution in [0.3, 0.4) is 0 Å². The molecule has 0 saturated heterocycles. The van der Waals surface area contributed by atoms with Crippen molar-refractivity contribution < 1.29 is 14.3 Å². The van der Waals surface area contributed by atoms with Gasteiger partial charge in [-0.1, -0.05) is 0 Å². The fourth-order valence-corrected chi connectivity index (χ4v) is 0.711. The maximum atomic E-state index is 11.6. The first kappa shape index (κ1) is 12.8. The molecule has 0 aliphatic carbocycles. The molecular formula is C10H17NO3. The highest BCUT2D eigenvalue weighted by Crippen LogP contribution is 2.21. The Balaban J connectivity index is 4.43. The van der Waals surface area contributed by atoms with Crippen molar-refractivity contribution in [1.29, 1.82) is 0 Å². The van der Waals surface area contributed by atoms with Crippen LogP contribution in [-0.4, -0.2) is 24.2 Å². The largest absolute Gasteiger partial charge is 0.460 e. The number of aliphatic imine (C=N–C) groups is 1. The number of carbonyl (C=O) groups is 1. The Labute approximate surface area is 84.4 Å². The third kappa shape index (κ3) is 4.77. The first-order chi connectivity index (χ1) is 6.19. The van der Waals surface area contributed by atoms with Crippen molar-refractivity contribution in [2.75, 3.05) is 6.54 Å². The molecule has 0 N–H and O–H groups in total. The minimum Gasteiger partial charge on any atom is -0.460 e. The summed E-state index contributed by atoms with van der Waals surface area (Å²) in [6.45, 7) is 8.85. The summed E-state index contributed by atoms with van der Waals surface area (Å²) in [7, 11) is 0. The lowest BCUT2D eigenvalue weighted by atomic mass is 9.93. The van der Waals surface area contributed by atoms with Crippen molar-refractivity contribution >= 4 is 12.0 Å². The minimum absolute atomic E-state index is 0.103. The van der Waals surface area contributed by atoms with Crippen LogP contribution in [0.1, 0.15) is 34.6 Å². The Morgan fingerprint density at radius 2 is 1.79 bits per heavy atom. The molecule has 80 valence electrons. The van der Waals surface area contributed by atoms with E-state index in [2.05, 4.69) is 4.99 Å². The van der Waals surface area contributed by atoms with E-state index in [9.17, 15) is 9.59 Å². The molecule has 0 rings (SSSR count). The molecule has 14 heavy (non-hydrogen) atoms. The van der Waals surface area contributed by atoms with Crippen LogP contribution in [0.25, 0.3) is 0 Å². The second kappa shape index (κ2) is 4.38. The second-order valence-corrected chi connectivity index (χ2v) is 4.79.